The molecule has 4 nitrogen and oxygen atoms in total. The number of aliphatic carboxylic acids is 1. The summed E-state index contributed by atoms with van der Waals surface area (Å²) >= 11 is 1.63. The Labute approximate surface area is 111 Å². The zero-order chi connectivity index (χ0) is 13.0. The number of carboxylic acids is 1. The van der Waals surface area contributed by atoms with Gasteiger partial charge in [0, 0.05) is 23.8 Å². The highest BCUT2D eigenvalue weighted by Crippen LogP contribution is 2.28. The van der Waals surface area contributed by atoms with Crippen LogP contribution >= 0.6 is 11.3 Å². The standard InChI is InChI=1S/C13H18N2O2S/c1-15-7-5-10(6-8-15)11-9-18-12(14-11)3-2-4-13(16)17/h2,4,9-10H,3,5-8H2,1H3,(H,16,17)/b4-2+. The summed E-state index contributed by atoms with van der Waals surface area (Å²) in [6.07, 6.45) is 5.79. The van der Waals surface area contributed by atoms with Gasteiger partial charge in [-0.15, -0.1) is 11.3 Å². The van der Waals surface area contributed by atoms with Crippen LogP contribution < -0.4 is 0 Å². The maximum atomic E-state index is 10.4. The summed E-state index contributed by atoms with van der Waals surface area (Å²) in [7, 11) is 2.15. The number of hydrogen-bond acceptors (Lipinski definition) is 4. The van der Waals surface area contributed by atoms with Crippen molar-refractivity contribution in [2.75, 3.05) is 20.1 Å². The van der Waals surface area contributed by atoms with Crippen LogP contribution in [-0.2, 0) is 11.2 Å². The third kappa shape index (κ3) is 3.65. The number of piperidine rings is 1. The Hall–Kier alpha value is -1.20. The molecule has 0 amide bonds. The molecule has 1 aliphatic rings. The van der Waals surface area contributed by atoms with E-state index in [1.807, 2.05) is 0 Å². The van der Waals surface area contributed by atoms with E-state index in [9.17, 15) is 4.79 Å². The summed E-state index contributed by atoms with van der Waals surface area (Å²) in [5, 5.41) is 11.6. The molecule has 0 radical (unpaired) electrons. The summed E-state index contributed by atoms with van der Waals surface area (Å²) in [6.45, 7) is 2.27. The van der Waals surface area contributed by atoms with E-state index in [0.29, 0.717) is 12.3 Å². The van der Waals surface area contributed by atoms with E-state index < -0.39 is 5.97 Å². The third-order valence-electron chi connectivity index (χ3n) is 3.26. The topological polar surface area (TPSA) is 53.4 Å². The maximum absolute atomic E-state index is 10.4. The number of nitrogens with zero attached hydrogens (tertiary/aromatic N) is 2. The van der Waals surface area contributed by atoms with Gasteiger partial charge in [-0.05, 0) is 33.0 Å². The molecule has 1 fully saturated rings. The number of likely N-dealkylation sites (tertiary alicyclic amines) is 1. The van der Waals surface area contributed by atoms with Crippen LogP contribution in [-0.4, -0.2) is 41.1 Å². The molecular weight excluding hydrogens is 248 g/mol. The molecule has 0 saturated carbocycles. The molecule has 1 aliphatic heterocycles. The van der Waals surface area contributed by atoms with Gasteiger partial charge in [-0.25, -0.2) is 9.78 Å². The normalized spacial score (nSPS) is 18.5. The fourth-order valence-corrected chi connectivity index (χ4v) is 3.02. The first kappa shape index (κ1) is 13.2. The lowest BCUT2D eigenvalue weighted by Gasteiger charge is -2.27. The van der Waals surface area contributed by atoms with Gasteiger partial charge in [0.25, 0.3) is 0 Å². The van der Waals surface area contributed by atoms with Crippen LogP contribution in [0.1, 0.15) is 29.5 Å². The Balaban J connectivity index is 1.91. The second kappa shape index (κ2) is 6.11. The summed E-state index contributed by atoms with van der Waals surface area (Å²) in [5.74, 6) is -0.322. The number of thiazole rings is 1. The third-order valence-corrected chi connectivity index (χ3v) is 4.15. The number of carbonyl (C=O) groups is 1. The minimum absolute atomic E-state index is 0.578. The molecule has 1 N–H and O–H groups in total. The fraction of sp³-hybridized carbons (Fsp3) is 0.538. The van der Waals surface area contributed by atoms with Gasteiger partial charge >= 0.3 is 5.97 Å². The van der Waals surface area contributed by atoms with Crippen LogP contribution in [0.2, 0.25) is 0 Å². The zero-order valence-electron chi connectivity index (χ0n) is 10.5. The molecule has 98 valence electrons. The largest absolute Gasteiger partial charge is 0.478 e. The minimum atomic E-state index is -0.901. The van der Waals surface area contributed by atoms with E-state index in [0.717, 1.165) is 18.1 Å². The SMILES string of the molecule is CN1CCC(c2csc(C/C=C/C(=O)O)n2)CC1. The van der Waals surface area contributed by atoms with E-state index in [1.165, 1.54) is 24.6 Å². The molecule has 1 saturated heterocycles. The maximum Gasteiger partial charge on any atom is 0.327 e. The van der Waals surface area contributed by atoms with Crippen molar-refractivity contribution in [3.05, 3.63) is 28.2 Å². The Bertz CT molecular complexity index is 434. The van der Waals surface area contributed by atoms with Gasteiger partial charge in [-0.1, -0.05) is 6.08 Å². The van der Waals surface area contributed by atoms with Crippen LogP contribution in [0.25, 0.3) is 0 Å². The molecule has 0 atom stereocenters. The molecule has 2 heterocycles. The molecule has 0 bridgehead atoms. The van der Waals surface area contributed by atoms with E-state index in [2.05, 4.69) is 22.3 Å². The van der Waals surface area contributed by atoms with E-state index in [1.54, 1.807) is 17.4 Å². The minimum Gasteiger partial charge on any atom is -0.478 e. The molecular formula is C13H18N2O2S. The molecule has 1 aromatic heterocycles. The van der Waals surface area contributed by atoms with Gasteiger partial charge in [-0.3, -0.25) is 0 Å². The van der Waals surface area contributed by atoms with E-state index in [4.69, 9.17) is 5.11 Å². The second-order valence-corrected chi connectivity index (χ2v) is 5.63. The lowest BCUT2D eigenvalue weighted by molar-refractivity contribution is -0.131. The van der Waals surface area contributed by atoms with Crippen molar-refractivity contribution in [2.24, 2.45) is 0 Å². The van der Waals surface area contributed by atoms with Crippen molar-refractivity contribution < 1.29 is 9.90 Å². The average molecular weight is 266 g/mol. The molecule has 0 aliphatic carbocycles. The van der Waals surface area contributed by atoms with Gasteiger partial charge in [-0.2, -0.15) is 0 Å². The Morgan fingerprint density at radius 2 is 2.33 bits per heavy atom. The van der Waals surface area contributed by atoms with Crippen LogP contribution in [0.4, 0.5) is 0 Å². The Morgan fingerprint density at radius 1 is 1.61 bits per heavy atom. The van der Waals surface area contributed by atoms with Gasteiger partial charge in [0.05, 0.1) is 10.7 Å². The molecule has 0 aromatic carbocycles. The van der Waals surface area contributed by atoms with Gasteiger partial charge in [0.15, 0.2) is 0 Å². The molecule has 5 heteroatoms. The van der Waals surface area contributed by atoms with Gasteiger partial charge in [0.2, 0.25) is 0 Å². The fourth-order valence-electron chi connectivity index (χ4n) is 2.17. The first-order valence-corrected chi connectivity index (χ1v) is 7.05. The van der Waals surface area contributed by atoms with Gasteiger partial charge < -0.3 is 10.0 Å². The lowest BCUT2D eigenvalue weighted by atomic mass is 9.95. The second-order valence-electron chi connectivity index (χ2n) is 4.69. The Kier molecular flexibility index (Phi) is 4.49. The van der Waals surface area contributed by atoms with Crippen molar-refractivity contribution in [1.82, 2.24) is 9.88 Å². The van der Waals surface area contributed by atoms with Crippen molar-refractivity contribution >= 4 is 17.3 Å². The summed E-state index contributed by atoms with van der Waals surface area (Å²) in [5.41, 5.74) is 1.19. The number of hydrogen-bond donors (Lipinski definition) is 1. The molecule has 0 unspecified atom stereocenters. The van der Waals surface area contributed by atoms with Crippen molar-refractivity contribution in [3.63, 3.8) is 0 Å². The van der Waals surface area contributed by atoms with Crippen LogP contribution in [0, 0.1) is 0 Å². The van der Waals surface area contributed by atoms with E-state index in [-0.39, 0.29) is 0 Å². The van der Waals surface area contributed by atoms with Crippen molar-refractivity contribution in [2.45, 2.75) is 25.2 Å². The first-order valence-electron chi connectivity index (χ1n) is 6.17. The number of aromatic nitrogens is 1. The lowest BCUT2D eigenvalue weighted by Crippen LogP contribution is -2.29. The number of carboxylic acid groups (broad SMARTS) is 1. The van der Waals surface area contributed by atoms with Crippen LogP contribution in [0.5, 0.6) is 0 Å². The smallest absolute Gasteiger partial charge is 0.327 e. The van der Waals surface area contributed by atoms with Gasteiger partial charge in [0.1, 0.15) is 0 Å². The van der Waals surface area contributed by atoms with Crippen molar-refractivity contribution in [1.29, 1.82) is 0 Å². The average Bonchev–Trinajstić information content (AvgIpc) is 2.78. The van der Waals surface area contributed by atoms with Crippen LogP contribution in [0.15, 0.2) is 17.5 Å². The summed E-state index contributed by atoms with van der Waals surface area (Å²) < 4.78 is 0. The summed E-state index contributed by atoms with van der Waals surface area (Å²) in [6, 6.07) is 0. The monoisotopic (exact) mass is 266 g/mol. The Morgan fingerprint density at radius 3 is 3.00 bits per heavy atom. The number of rotatable bonds is 4. The predicted octanol–water partition coefficient (Wildman–Crippen LogP) is 2.14. The molecule has 1 aromatic rings. The highest BCUT2D eigenvalue weighted by molar-refractivity contribution is 7.09. The van der Waals surface area contributed by atoms with E-state index >= 15 is 0 Å². The summed E-state index contributed by atoms with van der Waals surface area (Å²) in [4.78, 5) is 17.3. The van der Waals surface area contributed by atoms with Crippen molar-refractivity contribution in [3.8, 4) is 0 Å². The highest BCUT2D eigenvalue weighted by Gasteiger charge is 2.20. The highest BCUT2D eigenvalue weighted by atomic mass is 32.1. The van der Waals surface area contributed by atoms with Crippen LogP contribution in [0.3, 0.4) is 0 Å². The zero-order valence-corrected chi connectivity index (χ0v) is 11.3. The molecule has 18 heavy (non-hydrogen) atoms. The molecule has 0 spiro atoms. The predicted molar refractivity (Wildman–Crippen MR) is 72.1 cm³/mol. The first-order chi connectivity index (χ1) is 8.65. The number of allylic oxidation sites excluding steroid dienone is 1. The quantitative estimate of drug-likeness (QED) is 0.848. The molecule has 2 rings (SSSR count).